The van der Waals surface area contributed by atoms with Crippen molar-refractivity contribution in [3.8, 4) is 0 Å². The number of thioether (sulfide) groups is 1. The van der Waals surface area contributed by atoms with Gasteiger partial charge in [0.15, 0.2) is 5.17 Å². The minimum absolute atomic E-state index is 0.108. The molecule has 3 rings (SSSR count). The number of ether oxygens (including phenoxy) is 1. The number of benzene rings is 1. The third kappa shape index (κ3) is 3.19. The van der Waals surface area contributed by atoms with E-state index in [2.05, 4.69) is 10.3 Å². The molecule has 0 bridgehead atoms. The molecule has 3 atom stereocenters. The normalized spacial score (nSPS) is 28.2. The predicted octanol–water partition coefficient (Wildman–Crippen LogP) is 2.72. The quantitative estimate of drug-likeness (QED) is 0.625. The maximum Gasteiger partial charge on any atom is 0.410 e. The topological polar surface area (TPSA) is 114 Å². The number of amides is 1. The number of carboxylic acid groups (broad SMARTS) is 1. The summed E-state index contributed by atoms with van der Waals surface area (Å²) in [5.41, 5.74) is -1.21. The third-order valence-electron chi connectivity index (χ3n) is 4.66. The van der Waals surface area contributed by atoms with E-state index >= 15 is 0 Å². The number of nitrogens with one attached hydrogen (secondary N) is 1. The Morgan fingerprint density at radius 1 is 1.60 bits per heavy atom. The van der Waals surface area contributed by atoms with E-state index in [-0.39, 0.29) is 28.4 Å². The van der Waals surface area contributed by atoms with Gasteiger partial charge in [0, 0.05) is 42.9 Å². The molecule has 0 aromatic heterocycles. The van der Waals surface area contributed by atoms with E-state index in [0.29, 0.717) is 18.6 Å². The van der Waals surface area contributed by atoms with E-state index in [9.17, 15) is 19.3 Å². The lowest BCUT2D eigenvalue weighted by atomic mass is 9.81. The van der Waals surface area contributed by atoms with Crippen LogP contribution in [0.1, 0.15) is 18.4 Å². The van der Waals surface area contributed by atoms with Crippen LogP contribution in [0.15, 0.2) is 23.2 Å². The van der Waals surface area contributed by atoms with E-state index in [1.165, 1.54) is 17.8 Å². The Morgan fingerprint density at radius 3 is 3.00 bits per heavy atom. The monoisotopic (exact) mass is 369 g/mol. The number of halogens is 1. The molecule has 10 heteroatoms. The number of carbonyl (C=O) groups is 1. The SMILES string of the molecule is CO[C@H]1C[C@H]2CSC(NC(=O)O)=N[C@@]2(c2cc([N+](=O)[O-])ccc2F)C1. The molecule has 134 valence electrons. The first kappa shape index (κ1) is 17.6. The van der Waals surface area contributed by atoms with Gasteiger partial charge in [0.25, 0.3) is 5.69 Å². The average Bonchev–Trinajstić information content (AvgIpc) is 2.93. The lowest BCUT2D eigenvalue weighted by molar-refractivity contribution is -0.385. The fraction of sp³-hybridized carbons (Fsp3) is 0.467. The van der Waals surface area contributed by atoms with Crippen LogP contribution in [0.2, 0.25) is 0 Å². The molecule has 2 aliphatic rings. The van der Waals surface area contributed by atoms with Crippen molar-refractivity contribution in [3.63, 3.8) is 0 Å². The van der Waals surface area contributed by atoms with Crippen LogP contribution in [0, 0.1) is 21.8 Å². The molecule has 1 amide bonds. The zero-order valence-electron chi connectivity index (χ0n) is 13.3. The van der Waals surface area contributed by atoms with Crippen LogP contribution >= 0.6 is 11.8 Å². The van der Waals surface area contributed by atoms with E-state index in [1.807, 2.05) is 0 Å². The number of amidine groups is 1. The van der Waals surface area contributed by atoms with Gasteiger partial charge in [-0.2, -0.15) is 0 Å². The van der Waals surface area contributed by atoms with Gasteiger partial charge in [-0.25, -0.2) is 9.18 Å². The van der Waals surface area contributed by atoms with Crippen molar-refractivity contribution in [2.24, 2.45) is 10.9 Å². The maximum absolute atomic E-state index is 14.6. The molecule has 0 radical (unpaired) electrons. The highest BCUT2D eigenvalue weighted by Crippen LogP contribution is 2.52. The van der Waals surface area contributed by atoms with Crippen molar-refractivity contribution in [1.82, 2.24) is 5.32 Å². The summed E-state index contributed by atoms with van der Waals surface area (Å²) in [6.45, 7) is 0. The largest absolute Gasteiger partial charge is 0.465 e. The highest BCUT2D eigenvalue weighted by atomic mass is 32.2. The number of hydrogen-bond acceptors (Lipinski definition) is 6. The van der Waals surface area contributed by atoms with Gasteiger partial charge >= 0.3 is 6.09 Å². The van der Waals surface area contributed by atoms with Gasteiger partial charge in [-0.3, -0.25) is 20.4 Å². The smallest absolute Gasteiger partial charge is 0.410 e. The van der Waals surface area contributed by atoms with Crippen molar-refractivity contribution >= 4 is 28.7 Å². The fourth-order valence-corrected chi connectivity index (χ4v) is 4.69. The fourth-order valence-electron chi connectivity index (χ4n) is 3.53. The van der Waals surface area contributed by atoms with E-state index in [0.717, 1.165) is 12.1 Å². The molecule has 1 aliphatic heterocycles. The highest BCUT2D eigenvalue weighted by molar-refractivity contribution is 8.13. The van der Waals surface area contributed by atoms with Crippen molar-refractivity contribution in [3.05, 3.63) is 39.7 Å². The summed E-state index contributed by atoms with van der Waals surface area (Å²) >= 11 is 1.24. The summed E-state index contributed by atoms with van der Waals surface area (Å²) in [5, 5.41) is 22.4. The molecule has 2 N–H and O–H groups in total. The van der Waals surface area contributed by atoms with Crippen LogP contribution in [0.4, 0.5) is 14.9 Å². The van der Waals surface area contributed by atoms with Crippen LogP contribution < -0.4 is 5.32 Å². The zero-order valence-corrected chi connectivity index (χ0v) is 14.1. The lowest BCUT2D eigenvalue weighted by Crippen LogP contribution is -2.40. The Bertz CT molecular complexity index is 759. The molecule has 1 aliphatic carbocycles. The summed E-state index contributed by atoms with van der Waals surface area (Å²) in [4.78, 5) is 25.9. The molecule has 0 unspecified atom stereocenters. The summed E-state index contributed by atoms with van der Waals surface area (Å²) in [5.74, 6) is -0.197. The second kappa shape index (κ2) is 6.60. The standard InChI is InChI=1S/C15H16FN3O5S/c1-24-10-4-8-7-25-13(17-14(20)21)18-15(8,6-10)11-5-9(19(22)23)2-3-12(11)16/h2-3,5,8,10H,4,6-7H2,1H3,(H,17,18)(H,20,21)/t8-,10-,15-/m0/s1. The first-order chi connectivity index (χ1) is 11.9. The number of methoxy groups -OCH3 is 1. The Morgan fingerprint density at radius 2 is 2.36 bits per heavy atom. The molecule has 1 saturated carbocycles. The molecule has 1 heterocycles. The van der Waals surface area contributed by atoms with Gasteiger partial charge in [0.1, 0.15) is 5.82 Å². The van der Waals surface area contributed by atoms with Crippen molar-refractivity contribution in [1.29, 1.82) is 0 Å². The molecule has 1 fully saturated rings. The van der Waals surface area contributed by atoms with Gasteiger partial charge in [-0.1, -0.05) is 11.8 Å². The molecular formula is C15H16FN3O5S. The van der Waals surface area contributed by atoms with Crippen LogP contribution in [-0.4, -0.2) is 40.3 Å². The van der Waals surface area contributed by atoms with Gasteiger partial charge < -0.3 is 9.84 Å². The van der Waals surface area contributed by atoms with E-state index in [4.69, 9.17) is 9.84 Å². The summed E-state index contributed by atoms with van der Waals surface area (Å²) in [7, 11) is 1.55. The van der Waals surface area contributed by atoms with E-state index < -0.39 is 22.4 Å². The number of nitro groups is 1. The first-order valence-corrected chi connectivity index (χ1v) is 8.54. The molecule has 1 aromatic rings. The summed E-state index contributed by atoms with van der Waals surface area (Å²) < 4.78 is 20.0. The number of aliphatic imine (C=N–C) groups is 1. The second-order valence-electron chi connectivity index (χ2n) is 6.00. The second-order valence-corrected chi connectivity index (χ2v) is 7.01. The highest BCUT2D eigenvalue weighted by Gasteiger charge is 2.52. The van der Waals surface area contributed by atoms with Crippen LogP contribution in [0.25, 0.3) is 0 Å². The van der Waals surface area contributed by atoms with Crippen molar-refractivity contribution < 1.29 is 24.0 Å². The van der Waals surface area contributed by atoms with Gasteiger partial charge in [-0.05, 0) is 12.5 Å². The Hall–Kier alpha value is -2.20. The van der Waals surface area contributed by atoms with Crippen LogP contribution in [-0.2, 0) is 10.3 Å². The van der Waals surface area contributed by atoms with Gasteiger partial charge in [0.05, 0.1) is 16.6 Å². The van der Waals surface area contributed by atoms with Crippen LogP contribution in [0.3, 0.4) is 0 Å². The molecule has 0 spiro atoms. The summed E-state index contributed by atoms with van der Waals surface area (Å²) in [6, 6.07) is 3.35. The Kier molecular flexibility index (Phi) is 4.65. The number of non-ortho nitro benzene ring substituents is 1. The van der Waals surface area contributed by atoms with Gasteiger partial charge in [-0.15, -0.1) is 0 Å². The minimum Gasteiger partial charge on any atom is -0.465 e. The molecule has 25 heavy (non-hydrogen) atoms. The predicted molar refractivity (Wildman–Crippen MR) is 89.3 cm³/mol. The molecule has 0 saturated heterocycles. The maximum atomic E-state index is 14.6. The molecular weight excluding hydrogens is 353 g/mol. The number of rotatable bonds is 3. The first-order valence-electron chi connectivity index (χ1n) is 7.55. The average molecular weight is 369 g/mol. The van der Waals surface area contributed by atoms with E-state index in [1.54, 1.807) is 7.11 Å². The number of nitrogens with zero attached hydrogens (tertiary/aromatic N) is 2. The van der Waals surface area contributed by atoms with Crippen molar-refractivity contribution in [2.45, 2.75) is 24.5 Å². The molecule has 1 aromatic carbocycles. The minimum atomic E-state index is -1.26. The Balaban J connectivity index is 2.14. The number of nitro benzene ring substituents is 1. The zero-order chi connectivity index (χ0) is 18.2. The third-order valence-corrected chi connectivity index (χ3v) is 5.69. The number of fused-ring (bicyclic) bond motifs is 1. The molecule has 8 nitrogen and oxygen atoms in total. The lowest BCUT2D eigenvalue weighted by Gasteiger charge is -2.36. The Labute approximate surface area is 146 Å². The van der Waals surface area contributed by atoms with Crippen molar-refractivity contribution in [2.75, 3.05) is 12.9 Å². The van der Waals surface area contributed by atoms with Crippen LogP contribution in [0.5, 0.6) is 0 Å². The summed E-state index contributed by atoms with van der Waals surface area (Å²) in [6.07, 6.45) is -0.495. The number of hydrogen-bond donors (Lipinski definition) is 2. The van der Waals surface area contributed by atoms with Gasteiger partial charge in [0.2, 0.25) is 0 Å².